The minimum absolute atomic E-state index is 0.236. The Morgan fingerprint density at radius 1 is 1.32 bits per heavy atom. The second kappa shape index (κ2) is 8.98. The Labute approximate surface area is 124 Å². The van der Waals surface area contributed by atoms with Gasteiger partial charge in [0.15, 0.2) is 14.1 Å². The number of ketones is 1. The van der Waals surface area contributed by atoms with Crippen LogP contribution in [0.25, 0.3) is 0 Å². The predicted molar refractivity (Wildman–Crippen MR) is 89.5 cm³/mol. The number of carbonyl (C=O) groups excluding carboxylic acids is 1. The van der Waals surface area contributed by atoms with Crippen LogP contribution in [0.3, 0.4) is 0 Å². The smallest absolute Gasteiger partial charge is 0.191 e. The lowest BCUT2D eigenvalue weighted by Gasteiger charge is -2.36. The van der Waals surface area contributed by atoms with Crippen molar-refractivity contribution in [3.8, 4) is 0 Å². The van der Waals surface area contributed by atoms with Crippen LogP contribution in [0.1, 0.15) is 40.0 Å². The molecule has 0 fully saturated rings. The minimum atomic E-state index is -1.60. The van der Waals surface area contributed by atoms with Gasteiger partial charge in [-0.3, -0.25) is 4.79 Å². The highest BCUT2D eigenvalue weighted by atomic mass is 32.2. The highest BCUT2D eigenvalue weighted by molar-refractivity contribution is 7.98. The molecule has 0 radical (unpaired) electrons. The van der Waals surface area contributed by atoms with E-state index in [-0.39, 0.29) is 10.8 Å². The van der Waals surface area contributed by atoms with Gasteiger partial charge in [0.05, 0.1) is 0 Å². The average Bonchev–Trinajstić information content (AvgIpc) is 2.29. The first kappa shape index (κ1) is 18.9. The van der Waals surface area contributed by atoms with Crippen molar-refractivity contribution in [3.63, 3.8) is 0 Å². The van der Waals surface area contributed by atoms with Gasteiger partial charge in [0.25, 0.3) is 0 Å². The second-order valence-corrected chi connectivity index (χ2v) is 12.2. The molecule has 0 unspecified atom stereocenters. The number of carbonyl (C=O) groups is 1. The maximum absolute atomic E-state index is 11.4. The summed E-state index contributed by atoms with van der Waals surface area (Å²) in [4.78, 5) is 11.4. The lowest BCUT2D eigenvalue weighted by Crippen LogP contribution is -2.40. The van der Waals surface area contributed by atoms with Gasteiger partial charge in [-0.1, -0.05) is 26.8 Å². The lowest BCUT2D eigenvalue weighted by atomic mass is 10.2. The van der Waals surface area contributed by atoms with Crippen LogP contribution in [0.15, 0.2) is 12.2 Å². The molecule has 0 aliphatic heterocycles. The Morgan fingerprint density at radius 2 is 1.95 bits per heavy atom. The average molecular weight is 303 g/mol. The molecule has 0 bridgehead atoms. The molecule has 0 aliphatic carbocycles. The molecule has 0 saturated heterocycles. The van der Waals surface area contributed by atoms with Gasteiger partial charge in [-0.05, 0) is 43.3 Å². The topological polar surface area (TPSA) is 26.3 Å². The van der Waals surface area contributed by atoms with E-state index in [1.54, 1.807) is 17.8 Å². The molecule has 19 heavy (non-hydrogen) atoms. The number of hydrogen-bond acceptors (Lipinski definition) is 3. The molecular formula is C15H30O2SSi. The zero-order chi connectivity index (χ0) is 14.9. The molecule has 4 heteroatoms. The van der Waals surface area contributed by atoms with E-state index < -0.39 is 8.32 Å². The zero-order valence-electron chi connectivity index (χ0n) is 13.4. The van der Waals surface area contributed by atoms with Gasteiger partial charge in [-0.15, -0.1) is 0 Å². The van der Waals surface area contributed by atoms with E-state index in [1.807, 2.05) is 12.3 Å². The molecule has 0 spiro atoms. The van der Waals surface area contributed by atoms with Crippen molar-refractivity contribution in [1.82, 2.24) is 0 Å². The van der Waals surface area contributed by atoms with Crippen molar-refractivity contribution >= 4 is 25.9 Å². The Kier molecular flexibility index (Phi) is 8.95. The van der Waals surface area contributed by atoms with E-state index in [1.165, 1.54) is 0 Å². The van der Waals surface area contributed by atoms with Gasteiger partial charge in [0, 0.05) is 18.8 Å². The van der Waals surface area contributed by atoms with E-state index in [4.69, 9.17) is 4.43 Å². The highest BCUT2D eigenvalue weighted by Crippen LogP contribution is 2.36. The molecule has 0 atom stereocenters. The normalized spacial score (nSPS) is 13.2. The maximum atomic E-state index is 11.4. The maximum Gasteiger partial charge on any atom is 0.191 e. The van der Waals surface area contributed by atoms with E-state index >= 15 is 0 Å². The van der Waals surface area contributed by atoms with Crippen LogP contribution in [0.5, 0.6) is 0 Å². The zero-order valence-corrected chi connectivity index (χ0v) is 15.2. The molecule has 112 valence electrons. The summed E-state index contributed by atoms with van der Waals surface area (Å²) >= 11 is 1.71. The minimum Gasteiger partial charge on any atom is -0.417 e. The Balaban J connectivity index is 3.77. The summed E-state index contributed by atoms with van der Waals surface area (Å²) in [7, 11) is -1.60. The second-order valence-electron chi connectivity index (χ2n) is 6.36. The summed E-state index contributed by atoms with van der Waals surface area (Å²) in [5.74, 6) is 1.15. The third kappa shape index (κ3) is 8.66. The van der Waals surface area contributed by atoms with Crippen molar-refractivity contribution in [2.75, 3.05) is 18.6 Å². The molecule has 2 nitrogen and oxygen atoms in total. The monoisotopic (exact) mass is 302 g/mol. The third-order valence-corrected chi connectivity index (χ3v) is 8.79. The SMILES string of the molecule is CSCCC(=O)/C=C/CCCO[Si](C)(C)C(C)(C)C. The third-order valence-electron chi connectivity index (χ3n) is 3.64. The van der Waals surface area contributed by atoms with Crippen LogP contribution in [0.4, 0.5) is 0 Å². The van der Waals surface area contributed by atoms with E-state index in [0.717, 1.165) is 25.2 Å². The van der Waals surface area contributed by atoms with Crippen molar-refractivity contribution in [1.29, 1.82) is 0 Å². The first-order valence-corrected chi connectivity index (χ1v) is 11.3. The fourth-order valence-electron chi connectivity index (χ4n) is 1.25. The number of thioether (sulfide) groups is 1. The molecule has 0 aliphatic rings. The van der Waals surface area contributed by atoms with Gasteiger partial charge in [-0.2, -0.15) is 11.8 Å². The van der Waals surface area contributed by atoms with Crippen LogP contribution in [0, 0.1) is 0 Å². The summed E-state index contributed by atoms with van der Waals surface area (Å²) in [6.07, 6.45) is 8.31. The summed E-state index contributed by atoms with van der Waals surface area (Å²) < 4.78 is 6.08. The van der Waals surface area contributed by atoms with Crippen molar-refractivity contribution in [2.24, 2.45) is 0 Å². The number of allylic oxidation sites excluding steroid dienone is 2. The fourth-order valence-corrected chi connectivity index (χ4v) is 2.74. The van der Waals surface area contributed by atoms with E-state index in [0.29, 0.717) is 6.42 Å². The molecule has 0 aromatic rings. The van der Waals surface area contributed by atoms with Gasteiger partial charge < -0.3 is 4.43 Å². The molecular weight excluding hydrogens is 272 g/mol. The molecule has 0 aromatic carbocycles. The van der Waals surface area contributed by atoms with Crippen LogP contribution in [-0.4, -0.2) is 32.7 Å². The Hall–Kier alpha value is -0.0631. The number of rotatable bonds is 9. The highest BCUT2D eigenvalue weighted by Gasteiger charge is 2.36. The number of unbranched alkanes of at least 4 members (excludes halogenated alkanes) is 1. The summed E-state index contributed by atoms with van der Waals surface area (Å²) in [6.45, 7) is 12.1. The quantitative estimate of drug-likeness (QED) is 0.352. The largest absolute Gasteiger partial charge is 0.417 e. The molecule has 0 rings (SSSR count). The van der Waals surface area contributed by atoms with E-state index in [9.17, 15) is 4.79 Å². The standard InChI is InChI=1S/C15H30O2SSi/c1-15(2,3)19(5,6)17-12-9-7-8-10-14(16)11-13-18-4/h8,10H,7,9,11-13H2,1-6H3/b10-8+. The molecule has 0 amide bonds. The van der Waals surface area contributed by atoms with Crippen molar-refractivity contribution in [3.05, 3.63) is 12.2 Å². The molecule has 0 N–H and O–H groups in total. The lowest BCUT2D eigenvalue weighted by molar-refractivity contribution is -0.114. The van der Waals surface area contributed by atoms with Crippen molar-refractivity contribution in [2.45, 2.75) is 58.2 Å². The van der Waals surface area contributed by atoms with Crippen LogP contribution < -0.4 is 0 Å². The Morgan fingerprint density at radius 3 is 2.47 bits per heavy atom. The van der Waals surface area contributed by atoms with Gasteiger partial charge in [0.1, 0.15) is 0 Å². The van der Waals surface area contributed by atoms with Crippen LogP contribution >= 0.6 is 11.8 Å². The van der Waals surface area contributed by atoms with Crippen LogP contribution in [-0.2, 0) is 9.22 Å². The van der Waals surface area contributed by atoms with Gasteiger partial charge in [0.2, 0.25) is 0 Å². The van der Waals surface area contributed by atoms with Gasteiger partial charge >= 0.3 is 0 Å². The van der Waals surface area contributed by atoms with Crippen LogP contribution in [0.2, 0.25) is 18.1 Å². The molecule has 0 heterocycles. The summed E-state index contributed by atoms with van der Waals surface area (Å²) in [5.41, 5.74) is 0. The molecule has 0 aromatic heterocycles. The van der Waals surface area contributed by atoms with E-state index in [2.05, 4.69) is 33.9 Å². The van der Waals surface area contributed by atoms with Gasteiger partial charge in [-0.25, -0.2) is 0 Å². The Bertz CT molecular complexity index is 293. The molecule has 0 saturated carbocycles. The predicted octanol–water partition coefficient (Wildman–Crippen LogP) is 4.67. The fraction of sp³-hybridized carbons (Fsp3) is 0.800. The summed E-state index contributed by atoms with van der Waals surface area (Å²) in [5, 5.41) is 0.274. The van der Waals surface area contributed by atoms with Crippen molar-refractivity contribution < 1.29 is 9.22 Å². The first-order valence-electron chi connectivity index (χ1n) is 7.03. The number of hydrogen-bond donors (Lipinski definition) is 0. The summed E-state index contributed by atoms with van der Waals surface area (Å²) in [6, 6.07) is 0. The first-order chi connectivity index (χ1) is 8.70.